The first-order valence-electron chi connectivity index (χ1n) is 12.9. The second-order valence-electron chi connectivity index (χ2n) is 11.4. The van der Waals surface area contributed by atoms with Crippen LogP contribution in [0.25, 0.3) is 6.08 Å². The van der Waals surface area contributed by atoms with E-state index in [1.54, 1.807) is 21.3 Å². The first-order chi connectivity index (χ1) is 16.8. The number of nitrogens with zero attached hydrogens (tertiary/aromatic N) is 1. The lowest BCUT2D eigenvalue weighted by Crippen LogP contribution is -2.50. The van der Waals surface area contributed by atoms with E-state index in [0.29, 0.717) is 35.0 Å². The van der Waals surface area contributed by atoms with Gasteiger partial charge in [0.25, 0.3) is 0 Å². The third kappa shape index (κ3) is 3.67. The highest BCUT2D eigenvalue weighted by atomic mass is 16.5. The number of hydrogen-bond acceptors (Lipinski definition) is 6. The Kier molecular flexibility index (Phi) is 6.15. The zero-order chi connectivity index (χ0) is 25.0. The molecule has 0 heterocycles. The number of allylic oxidation sites excluding steroid dienone is 2. The van der Waals surface area contributed by atoms with E-state index in [9.17, 15) is 10.3 Å². The molecule has 6 nitrogen and oxygen atoms in total. The van der Waals surface area contributed by atoms with E-state index in [1.807, 2.05) is 12.1 Å². The summed E-state index contributed by atoms with van der Waals surface area (Å²) in [5, 5.41) is 24.4. The second kappa shape index (κ2) is 8.88. The Balaban J connectivity index is 1.51. The van der Waals surface area contributed by atoms with Crippen LogP contribution in [-0.4, -0.2) is 43.5 Å². The molecule has 0 aliphatic heterocycles. The minimum absolute atomic E-state index is 0.141. The summed E-state index contributed by atoms with van der Waals surface area (Å²) >= 11 is 0. The lowest BCUT2D eigenvalue weighted by Gasteiger charge is -2.56. The van der Waals surface area contributed by atoms with E-state index in [2.05, 4.69) is 31.2 Å². The van der Waals surface area contributed by atoms with Crippen LogP contribution >= 0.6 is 0 Å². The molecule has 3 fully saturated rings. The summed E-state index contributed by atoms with van der Waals surface area (Å²) in [5.74, 6) is 3.40. The van der Waals surface area contributed by atoms with Crippen LogP contribution in [0.15, 0.2) is 34.5 Å². The number of aliphatic hydroxyl groups is 1. The van der Waals surface area contributed by atoms with E-state index in [4.69, 9.17) is 14.2 Å². The van der Waals surface area contributed by atoms with Crippen LogP contribution in [0.2, 0.25) is 0 Å². The molecule has 0 radical (unpaired) electrons. The predicted octanol–water partition coefficient (Wildman–Crippen LogP) is 5.86. The fraction of sp³-hybridized carbons (Fsp3) is 0.621. The van der Waals surface area contributed by atoms with E-state index in [0.717, 1.165) is 61.8 Å². The Morgan fingerprint density at radius 3 is 2.26 bits per heavy atom. The summed E-state index contributed by atoms with van der Waals surface area (Å²) in [4.78, 5) is 0. The van der Waals surface area contributed by atoms with Crippen molar-refractivity contribution < 1.29 is 24.5 Å². The third-order valence-corrected chi connectivity index (χ3v) is 9.88. The van der Waals surface area contributed by atoms with Crippen LogP contribution < -0.4 is 14.2 Å². The van der Waals surface area contributed by atoms with Gasteiger partial charge in [-0.2, -0.15) is 0 Å². The maximum absolute atomic E-state index is 10.3. The molecule has 0 saturated heterocycles. The molecule has 4 aliphatic rings. The number of ether oxygens (including phenoxy) is 3. The van der Waals surface area contributed by atoms with Gasteiger partial charge in [0.15, 0.2) is 11.5 Å². The number of fused-ring (bicyclic) bond motifs is 5. The summed E-state index contributed by atoms with van der Waals surface area (Å²) in [6.07, 6.45) is 11.3. The summed E-state index contributed by atoms with van der Waals surface area (Å²) in [5.41, 5.74) is 4.38. The molecule has 3 unspecified atom stereocenters. The van der Waals surface area contributed by atoms with Crippen molar-refractivity contribution in [2.45, 2.75) is 64.9 Å². The van der Waals surface area contributed by atoms with Crippen LogP contribution in [0.5, 0.6) is 17.2 Å². The average Bonchev–Trinajstić information content (AvgIpc) is 3.14. The smallest absolute Gasteiger partial charge is 0.203 e. The molecule has 6 atom stereocenters. The van der Waals surface area contributed by atoms with Gasteiger partial charge >= 0.3 is 0 Å². The van der Waals surface area contributed by atoms with E-state index in [-0.39, 0.29) is 16.9 Å². The maximum atomic E-state index is 10.3. The third-order valence-electron chi connectivity index (χ3n) is 9.88. The molecule has 35 heavy (non-hydrogen) atoms. The number of benzene rings is 1. The number of hydrogen-bond donors (Lipinski definition) is 2. The van der Waals surface area contributed by atoms with Gasteiger partial charge in [0.05, 0.1) is 33.1 Å². The quantitative estimate of drug-likeness (QED) is 0.320. The number of aliphatic hydroxyl groups excluding tert-OH is 1. The minimum Gasteiger partial charge on any atom is -0.493 e. The van der Waals surface area contributed by atoms with Gasteiger partial charge in [0.2, 0.25) is 5.75 Å². The molecule has 0 spiro atoms. The normalized spacial score (nSPS) is 38.4. The van der Waals surface area contributed by atoms with Crippen molar-refractivity contribution in [1.82, 2.24) is 0 Å². The largest absolute Gasteiger partial charge is 0.493 e. The van der Waals surface area contributed by atoms with E-state index in [1.165, 1.54) is 5.57 Å². The molecule has 5 rings (SSSR count). The van der Waals surface area contributed by atoms with Crippen LogP contribution in [-0.2, 0) is 0 Å². The van der Waals surface area contributed by atoms with Crippen LogP contribution in [0.1, 0.15) is 64.4 Å². The first kappa shape index (κ1) is 24.2. The van der Waals surface area contributed by atoms with Crippen molar-refractivity contribution >= 4 is 11.8 Å². The molecular formula is C29H39NO5. The SMILES string of the molecule is COc1cc(C=C2CC3C4CC=C5C[C@@H](O)CC[C@]5(C)C4CC[C@]3(C)C2=NO)cc(OC)c1OC. The minimum atomic E-state index is -0.188. The lowest BCUT2D eigenvalue weighted by molar-refractivity contribution is -0.0206. The van der Waals surface area contributed by atoms with Gasteiger partial charge in [-0.15, -0.1) is 0 Å². The fourth-order valence-electron chi connectivity index (χ4n) is 8.02. The highest BCUT2D eigenvalue weighted by molar-refractivity contribution is 6.09. The van der Waals surface area contributed by atoms with Crippen LogP contribution in [0.3, 0.4) is 0 Å². The van der Waals surface area contributed by atoms with E-state index >= 15 is 0 Å². The van der Waals surface area contributed by atoms with Gasteiger partial charge in [0.1, 0.15) is 0 Å². The van der Waals surface area contributed by atoms with Gasteiger partial charge in [-0.25, -0.2) is 0 Å². The molecule has 3 saturated carbocycles. The highest BCUT2D eigenvalue weighted by Gasteiger charge is 2.59. The van der Waals surface area contributed by atoms with E-state index < -0.39 is 0 Å². The van der Waals surface area contributed by atoms with Crippen molar-refractivity contribution in [2.24, 2.45) is 33.7 Å². The molecule has 4 aliphatic carbocycles. The molecule has 0 aromatic heterocycles. The summed E-state index contributed by atoms with van der Waals surface area (Å²) in [6.45, 7) is 4.73. The van der Waals surface area contributed by atoms with Crippen molar-refractivity contribution in [3.63, 3.8) is 0 Å². The molecule has 0 amide bonds. The second-order valence-corrected chi connectivity index (χ2v) is 11.4. The molecule has 2 N–H and O–H groups in total. The van der Waals surface area contributed by atoms with Crippen LogP contribution in [0, 0.1) is 28.6 Å². The summed E-state index contributed by atoms with van der Waals surface area (Å²) < 4.78 is 16.6. The Bertz CT molecular complexity index is 1070. The standard InChI is InChI=1S/C29H39NO5/c1-28-10-8-20(31)16-19(28)6-7-21-22(28)9-11-29(2)23(21)15-18(27(29)30-32)12-17-13-24(33-3)26(35-5)25(14-17)34-4/h6,12-14,20-23,31-32H,7-11,15-16H2,1-5H3/t20-,21?,22?,23?,28-,29-/m0/s1. The van der Waals surface area contributed by atoms with Gasteiger partial charge in [-0.05, 0) is 97.5 Å². The maximum Gasteiger partial charge on any atom is 0.203 e. The Morgan fingerprint density at radius 1 is 0.943 bits per heavy atom. The molecule has 1 aromatic carbocycles. The van der Waals surface area contributed by atoms with Crippen LogP contribution in [0.4, 0.5) is 0 Å². The topological polar surface area (TPSA) is 80.5 Å². The molecule has 1 aromatic rings. The summed E-state index contributed by atoms with van der Waals surface area (Å²) in [7, 11) is 4.84. The van der Waals surface area contributed by atoms with Gasteiger partial charge in [-0.1, -0.05) is 30.7 Å². The zero-order valence-corrected chi connectivity index (χ0v) is 21.6. The highest BCUT2D eigenvalue weighted by Crippen LogP contribution is 2.65. The summed E-state index contributed by atoms with van der Waals surface area (Å²) in [6, 6.07) is 3.89. The number of rotatable bonds is 4. The molecule has 190 valence electrons. The first-order valence-corrected chi connectivity index (χ1v) is 12.9. The van der Waals surface area contributed by atoms with Gasteiger partial charge in [0, 0.05) is 5.41 Å². The number of oxime groups is 1. The Labute approximate surface area is 208 Å². The van der Waals surface area contributed by atoms with Gasteiger partial charge in [-0.3, -0.25) is 0 Å². The molecule has 6 heteroatoms. The van der Waals surface area contributed by atoms with Crippen molar-refractivity contribution in [2.75, 3.05) is 21.3 Å². The average molecular weight is 482 g/mol. The van der Waals surface area contributed by atoms with Crippen molar-refractivity contribution in [1.29, 1.82) is 0 Å². The van der Waals surface area contributed by atoms with Crippen molar-refractivity contribution in [3.05, 3.63) is 34.9 Å². The Morgan fingerprint density at radius 2 is 1.63 bits per heavy atom. The zero-order valence-electron chi connectivity index (χ0n) is 21.6. The fourth-order valence-corrected chi connectivity index (χ4v) is 8.02. The lowest BCUT2D eigenvalue weighted by atomic mass is 9.48. The molecular weight excluding hydrogens is 442 g/mol. The van der Waals surface area contributed by atoms with Crippen molar-refractivity contribution in [3.8, 4) is 17.2 Å². The monoisotopic (exact) mass is 481 g/mol. The predicted molar refractivity (Wildman–Crippen MR) is 136 cm³/mol. The molecule has 0 bridgehead atoms. The number of methoxy groups -OCH3 is 3. The van der Waals surface area contributed by atoms with Gasteiger partial charge < -0.3 is 24.5 Å². The Hall–Kier alpha value is -2.47.